The van der Waals surface area contributed by atoms with Gasteiger partial charge in [0.1, 0.15) is 11.6 Å². The number of fused-ring (bicyclic) bond motifs is 7. The van der Waals surface area contributed by atoms with Crippen molar-refractivity contribution < 1.29 is 24.1 Å². The van der Waals surface area contributed by atoms with Crippen LogP contribution < -0.4 is 14.2 Å². The molecule has 0 radical (unpaired) electrons. The maximum atomic E-state index is 12.2. The summed E-state index contributed by atoms with van der Waals surface area (Å²) >= 11 is 0. The van der Waals surface area contributed by atoms with Crippen LogP contribution in [0.5, 0.6) is 17.2 Å². The van der Waals surface area contributed by atoms with E-state index in [4.69, 9.17) is 14.2 Å². The largest absolute Gasteiger partial charge is 0.492 e. The molecule has 6 heteroatoms. The highest BCUT2D eigenvalue weighted by Gasteiger charge is 2.60. The maximum Gasteiger partial charge on any atom is 0.231 e. The molecule has 208 valence electrons. The number of allylic oxidation sites excluding steroid dienone is 1. The molecule has 7 atom stereocenters. The molecular weight excluding hydrogens is 490 g/mol. The van der Waals surface area contributed by atoms with Gasteiger partial charge in [0.15, 0.2) is 17.3 Å². The lowest BCUT2D eigenvalue weighted by atomic mass is 9.47. The van der Waals surface area contributed by atoms with Gasteiger partial charge in [0, 0.05) is 18.5 Å². The molecule has 3 saturated carbocycles. The first-order valence-corrected chi connectivity index (χ1v) is 14.8. The van der Waals surface area contributed by atoms with Crippen molar-refractivity contribution >= 4 is 5.78 Å². The van der Waals surface area contributed by atoms with E-state index < -0.39 is 5.60 Å². The summed E-state index contributed by atoms with van der Waals surface area (Å²) < 4.78 is 17.3. The minimum Gasteiger partial charge on any atom is -0.492 e. The Kier molecular flexibility index (Phi) is 5.72. The number of benzene rings is 1. The predicted molar refractivity (Wildman–Crippen MR) is 148 cm³/mol. The van der Waals surface area contributed by atoms with E-state index in [0.717, 1.165) is 62.8 Å². The highest BCUT2D eigenvalue weighted by atomic mass is 16.7. The maximum absolute atomic E-state index is 12.2. The van der Waals surface area contributed by atoms with E-state index in [0.29, 0.717) is 41.5 Å². The van der Waals surface area contributed by atoms with Gasteiger partial charge in [0.2, 0.25) is 12.5 Å². The fourth-order valence-electron chi connectivity index (χ4n) is 9.59. The molecule has 1 aromatic carbocycles. The van der Waals surface area contributed by atoms with Crippen LogP contribution in [0, 0.1) is 40.4 Å². The lowest BCUT2D eigenvalue weighted by Gasteiger charge is -2.57. The zero-order valence-corrected chi connectivity index (χ0v) is 23.8. The van der Waals surface area contributed by atoms with Crippen LogP contribution in [0.2, 0.25) is 0 Å². The van der Waals surface area contributed by atoms with Gasteiger partial charge in [-0.3, -0.25) is 9.69 Å². The van der Waals surface area contributed by atoms with Gasteiger partial charge in [0.25, 0.3) is 0 Å². The van der Waals surface area contributed by atoms with Crippen molar-refractivity contribution in [1.82, 2.24) is 4.90 Å². The average Bonchev–Trinajstić information content (AvgIpc) is 3.48. The van der Waals surface area contributed by atoms with Crippen LogP contribution in [0.4, 0.5) is 0 Å². The van der Waals surface area contributed by atoms with Crippen molar-refractivity contribution in [2.24, 2.45) is 28.6 Å². The number of methoxy groups -OCH3 is 1. The normalized spacial score (nSPS) is 40.4. The fraction of sp³-hybridized carbons (Fsp3) is 0.667. The number of aliphatic hydroxyl groups is 1. The Morgan fingerprint density at radius 3 is 2.79 bits per heavy atom. The smallest absolute Gasteiger partial charge is 0.231 e. The summed E-state index contributed by atoms with van der Waals surface area (Å²) in [6.07, 6.45) is 10.5. The van der Waals surface area contributed by atoms with Gasteiger partial charge in [0.05, 0.1) is 7.11 Å². The fourth-order valence-corrected chi connectivity index (χ4v) is 9.59. The number of ketones is 1. The van der Waals surface area contributed by atoms with E-state index in [1.165, 1.54) is 17.6 Å². The van der Waals surface area contributed by atoms with Crippen LogP contribution in [0.1, 0.15) is 82.4 Å². The summed E-state index contributed by atoms with van der Waals surface area (Å²) in [7, 11) is 3.77. The van der Waals surface area contributed by atoms with Gasteiger partial charge < -0.3 is 19.3 Å². The average molecular weight is 532 g/mol. The highest BCUT2D eigenvalue weighted by Crippen LogP contribution is 2.66. The van der Waals surface area contributed by atoms with Crippen molar-refractivity contribution in [3.63, 3.8) is 0 Å². The third-order valence-corrected chi connectivity index (χ3v) is 11.6. The summed E-state index contributed by atoms with van der Waals surface area (Å²) in [5, 5.41) is 12.0. The predicted octanol–water partition coefficient (Wildman–Crippen LogP) is 5.22. The summed E-state index contributed by atoms with van der Waals surface area (Å²) in [5.41, 5.74) is 2.87. The number of carbonyl (C=O) groups excluding carboxylic acids is 1. The molecule has 0 spiro atoms. The number of carbonyl (C=O) groups is 1. The second-order valence-corrected chi connectivity index (χ2v) is 13.7. The molecule has 0 amide bonds. The second kappa shape index (κ2) is 8.75. The van der Waals surface area contributed by atoms with E-state index in [2.05, 4.69) is 43.7 Å². The molecule has 2 heterocycles. The first kappa shape index (κ1) is 25.5. The van der Waals surface area contributed by atoms with Gasteiger partial charge in [-0.1, -0.05) is 31.3 Å². The van der Waals surface area contributed by atoms with E-state index in [1.807, 2.05) is 6.08 Å². The summed E-state index contributed by atoms with van der Waals surface area (Å²) in [5.74, 6) is 11.1. The van der Waals surface area contributed by atoms with E-state index >= 15 is 0 Å². The van der Waals surface area contributed by atoms with Crippen molar-refractivity contribution in [2.45, 2.75) is 83.3 Å². The van der Waals surface area contributed by atoms with E-state index in [9.17, 15) is 9.90 Å². The molecule has 1 aromatic rings. The topological polar surface area (TPSA) is 68.2 Å². The highest BCUT2D eigenvalue weighted by molar-refractivity contribution is 5.91. The van der Waals surface area contributed by atoms with Crippen LogP contribution in [0.3, 0.4) is 0 Å². The van der Waals surface area contributed by atoms with Crippen molar-refractivity contribution in [3.8, 4) is 29.1 Å². The summed E-state index contributed by atoms with van der Waals surface area (Å²) in [4.78, 5) is 14.4. The van der Waals surface area contributed by atoms with Gasteiger partial charge in [-0.15, -0.1) is 0 Å². The Balaban J connectivity index is 1.19. The lowest BCUT2D eigenvalue weighted by Crippen LogP contribution is -2.49. The first-order chi connectivity index (χ1) is 18.6. The molecule has 6 nitrogen and oxygen atoms in total. The lowest BCUT2D eigenvalue weighted by molar-refractivity contribution is -0.117. The molecule has 0 unspecified atom stereocenters. The molecule has 0 bridgehead atoms. The molecule has 4 aliphatic carbocycles. The Morgan fingerprint density at radius 2 is 1.97 bits per heavy atom. The summed E-state index contributed by atoms with van der Waals surface area (Å²) in [6, 6.07) is 1.90. The van der Waals surface area contributed by atoms with E-state index in [1.54, 1.807) is 7.11 Å². The minimum atomic E-state index is -0.990. The molecule has 0 aromatic heterocycles. The molecule has 39 heavy (non-hydrogen) atoms. The SMILES string of the molecule is COc1c2c(cc3c1[C@H](C#C[C@]1(O)C[C@@H]4[C@@H]5CCC6=CC(=O)CC[C@]6(C)[C@H]5CC[C@]4(C)C1)N(C)CC3)OCO2. The molecule has 7 rings (SSSR count). The second-order valence-electron chi connectivity index (χ2n) is 13.7. The molecule has 2 aliphatic heterocycles. The summed E-state index contributed by atoms with van der Waals surface area (Å²) in [6.45, 7) is 5.90. The Labute approximate surface area is 232 Å². The molecule has 1 N–H and O–H groups in total. The van der Waals surface area contributed by atoms with Crippen LogP contribution in [0.25, 0.3) is 0 Å². The monoisotopic (exact) mass is 531 g/mol. The minimum absolute atomic E-state index is 0.104. The van der Waals surface area contributed by atoms with Crippen LogP contribution in [-0.2, 0) is 11.2 Å². The van der Waals surface area contributed by atoms with Crippen molar-refractivity contribution in [2.75, 3.05) is 27.5 Å². The van der Waals surface area contributed by atoms with Crippen molar-refractivity contribution in [3.05, 3.63) is 28.8 Å². The Bertz CT molecular complexity index is 1320. The third kappa shape index (κ3) is 3.79. The number of ether oxygens (including phenoxy) is 3. The van der Waals surface area contributed by atoms with Crippen LogP contribution >= 0.6 is 0 Å². The molecule has 3 fully saturated rings. The number of likely N-dealkylation sites (N-methyl/N-ethyl adjacent to an activating group) is 1. The third-order valence-electron chi connectivity index (χ3n) is 11.6. The van der Waals surface area contributed by atoms with Gasteiger partial charge in [-0.25, -0.2) is 0 Å². The number of nitrogens with zero attached hydrogens (tertiary/aromatic N) is 1. The van der Waals surface area contributed by atoms with Crippen LogP contribution in [0.15, 0.2) is 17.7 Å². The standard InChI is InChI=1S/C33H41NO5/c1-31-11-8-24-23(6-5-21-16-22(35)7-12-32(21,24)2)25(31)17-33(36,18-31)13-9-26-28-20(10-14-34(26)3)15-27-29(30(28)37-4)39-19-38-27/h15-16,23-26,36H,5-8,10-12,14,17-19H2,1-4H3/t23-,24+,25-,26+,31-,32+,33+/m1/s1. The Morgan fingerprint density at radius 1 is 1.13 bits per heavy atom. The van der Waals surface area contributed by atoms with Crippen molar-refractivity contribution in [1.29, 1.82) is 0 Å². The molecule has 6 aliphatic rings. The van der Waals surface area contributed by atoms with E-state index in [-0.39, 0.29) is 23.7 Å². The molecule has 0 saturated heterocycles. The van der Waals surface area contributed by atoms with Gasteiger partial charge >= 0.3 is 0 Å². The first-order valence-electron chi connectivity index (χ1n) is 14.8. The Hall–Kier alpha value is -2.49. The zero-order valence-electron chi connectivity index (χ0n) is 23.8. The number of rotatable bonds is 1. The van der Waals surface area contributed by atoms with Crippen LogP contribution in [-0.4, -0.2) is 48.9 Å². The van der Waals surface area contributed by atoms with Gasteiger partial charge in [-0.05, 0) is 105 Å². The number of hydrogen-bond donors (Lipinski definition) is 1. The quantitative estimate of drug-likeness (QED) is 0.502. The number of hydrogen-bond acceptors (Lipinski definition) is 6. The van der Waals surface area contributed by atoms with Gasteiger partial charge in [-0.2, -0.15) is 0 Å². The molecular formula is C33H41NO5. The zero-order chi connectivity index (χ0) is 27.2.